The maximum Gasteiger partial charge on any atom is 0.416 e. The Bertz CT molecular complexity index is 570. The fraction of sp³-hybridized carbons (Fsp3) is 0.308. The Balaban J connectivity index is 2.15. The van der Waals surface area contributed by atoms with Crippen LogP contribution in [0.15, 0.2) is 30.5 Å². The van der Waals surface area contributed by atoms with Crippen LogP contribution in [0.5, 0.6) is 0 Å². The highest BCUT2D eigenvalue weighted by molar-refractivity contribution is 14.1. The van der Waals surface area contributed by atoms with Crippen LogP contribution in [-0.2, 0) is 19.8 Å². The largest absolute Gasteiger partial charge is 0.416 e. The summed E-state index contributed by atoms with van der Waals surface area (Å²) >= 11 is 2.18. The van der Waals surface area contributed by atoms with Crippen molar-refractivity contribution in [3.63, 3.8) is 0 Å². The van der Waals surface area contributed by atoms with Gasteiger partial charge < -0.3 is 4.90 Å². The highest BCUT2D eigenvalue weighted by atomic mass is 127. The number of aromatic nitrogens is 2. The zero-order valence-corrected chi connectivity index (χ0v) is 13.1. The molecule has 0 atom stereocenters. The Morgan fingerprint density at radius 2 is 1.85 bits per heavy atom. The highest BCUT2D eigenvalue weighted by Gasteiger charge is 2.29. The molecule has 3 nitrogen and oxygen atoms in total. The van der Waals surface area contributed by atoms with Gasteiger partial charge in [-0.2, -0.15) is 18.3 Å². The van der Waals surface area contributed by atoms with Crippen molar-refractivity contribution in [1.29, 1.82) is 0 Å². The van der Waals surface area contributed by atoms with Gasteiger partial charge in [0.15, 0.2) is 0 Å². The number of hydrogen-bond donors (Lipinski definition) is 0. The normalized spacial score (nSPS) is 11.7. The summed E-state index contributed by atoms with van der Waals surface area (Å²) in [5.74, 6) is 0.936. The Labute approximate surface area is 128 Å². The third kappa shape index (κ3) is 3.25. The molecular formula is C13H13F3IN3. The van der Waals surface area contributed by atoms with Crippen LogP contribution in [0.3, 0.4) is 0 Å². The summed E-state index contributed by atoms with van der Waals surface area (Å²) in [6, 6.07) is 5.22. The van der Waals surface area contributed by atoms with Gasteiger partial charge >= 0.3 is 6.18 Å². The van der Waals surface area contributed by atoms with E-state index >= 15 is 0 Å². The minimum atomic E-state index is -4.29. The number of hydrogen-bond acceptors (Lipinski definition) is 2. The molecule has 0 fully saturated rings. The Kier molecular flexibility index (Phi) is 4.26. The molecule has 108 valence electrons. The summed E-state index contributed by atoms with van der Waals surface area (Å²) in [5.41, 5.74) is 0.191. The summed E-state index contributed by atoms with van der Waals surface area (Å²) in [5, 5.41) is 4.14. The molecule has 1 aromatic heterocycles. The van der Waals surface area contributed by atoms with Gasteiger partial charge in [0.1, 0.15) is 5.82 Å². The third-order valence-corrected chi connectivity index (χ3v) is 3.69. The first-order valence-electron chi connectivity index (χ1n) is 5.84. The van der Waals surface area contributed by atoms with Gasteiger partial charge in [0.05, 0.1) is 15.3 Å². The van der Waals surface area contributed by atoms with Crippen LogP contribution in [-0.4, -0.2) is 16.8 Å². The lowest BCUT2D eigenvalue weighted by Crippen LogP contribution is -2.20. The van der Waals surface area contributed by atoms with Crippen LogP contribution < -0.4 is 4.90 Å². The number of anilines is 1. The smallest absolute Gasteiger partial charge is 0.355 e. The maximum absolute atomic E-state index is 12.5. The molecule has 2 rings (SSSR count). The third-order valence-electron chi connectivity index (χ3n) is 2.93. The van der Waals surface area contributed by atoms with Crippen molar-refractivity contribution < 1.29 is 13.2 Å². The molecule has 1 heterocycles. The van der Waals surface area contributed by atoms with Crippen LogP contribution >= 0.6 is 22.6 Å². The average molecular weight is 395 g/mol. The number of benzene rings is 1. The predicted octanol–water partition coefficient (Wildman–Crippen LogP) is 3.68. The number of alkyl halides is 3. The van der Waals surface area contributed by atoms with Gasteiger partial charge in [0, 0.05) is 20.6 Å². The van der Waals surface area contributed by atoms with E-state index in [0.29, 0.717) is 6.54 Å². The molecule has 20 heavy (non-hydrogen) atoms. The van der Waals surface area contributed by atoms with Crippen molar-refractivity contribution in [2.24, 2.45) is 7.05 Å². The molecule has 1 aromatic carbocycles. The molecule has 0 spiro atoms. The summed E-state index contributed by atoms with van der Waals surface area (Å²) in [6.07, 6.45) is -2.54. The van der Waals surface area contributed by atoms with Gasteiger partial charge in [-0.3, -0.25) is 4.68 Å². The van der Waals surface area contributed by atoms with Gasteiger partial charge in [-0.05, 0) is 40.3 Å². The maximum atomic E-state index is 12.5. The van der Waals surface area contributed by atoms with E-state index in [9.17, 15) is 13.2 Å². The lowest BCUT2D eigenvalue weighted by atomic mass is 10.1. The predicted molar refractivity (Wildman–Crippen MR) is 79.5 cm³/mol. The molecule has 0 unspecified atom stereocenters. The molecular weight excluding hydrogens is 382 g/mol. The Morgan fingerprint density at radius 3 is 2.30 bits per heavy atom. The van der Waals surface area contributed by atoms with Crippen LogP contribution in [0.4, 0.5) is 19.0 Å². The van der Waals surface area contributed by atoms with Crippen molar-refractivity contribution in [1.82, 2.24) is 9.78 Å². The highest BCUT2D eigenvalue weighted by Crippen LogP contribution is 2.29. The Hall–Kier alpha value is -1.25. The molecule has 0 aliphatic rings. The minimum absolute atomic E-state index is 0.522. The van der Waals surface area contributed by atoms with Crippen LogP contribution in [0.1, 0.15) is 11.1 Å². The van der Waals surface area contributed by atoms with Gasteiger partial charge in [-0.15, -0.1) is 0 Å². The first kappa shape index (κ1) is 15.1. The van der Waals surface area contributed by atoms with Crippen LogP contribution in [0, 0.1) is 3.57 Å². The second kappa shape index (κ2) is 5.63. The van der Waals surface area contributed by atoms with Gasteiger partial charge in [0.25, 0.3) is 0 Å². The average Bonchev–Trinajstić information content (AvgIpc) is 2.68. The molecule has 0 saturated carbocycles. The fourth-order valence-electron chi connectivity index (χ4n) is 1.98. The molecule has 0 saturated heterocycles. The first-order valence-corrected chi connectivity index (χ1v) is 6.91. The molecule has 0 N–H and O–H groups in total. The van der Waals surface area contributed by atoms with Crippen LogP contribution in [0.25, 0.3) is 0 Å². The molecule has 0 aliphatic heterocycles. The second-order valence-corrected chi connectivity index (χ2v) is 5.65. The molecule has 7 heteroatoms. The molecule has 0 aliphatic carbocycles. The number of nitrogens with zero attached hydrogens (tertiary/aromatic N) is 3. The van der Waals surface area contributed by atoms with Crippen molar-refractivity contribution >= 4 is 28.4 Å². The number of halogens is 4. The summed E-state index contributed by atoms with van der Waals surface area (Å²) in [6.45, 7) is 0.522. The molecule has 0 amide bonds. The van der Waals surface area contributed by atoms with E-state index in [2.05, 4.69) is 27.7 Å². The van der Waals surface area contributed by atoms with Crippen LogP contribution in [0.2, 0.25) is 0 Å². The number of aryl methyl sites for hydroxylation is 1. The van der Waals surface area contributed by atoms with E-state index in [1.165, 1.54) is 12.1 Å². The number of rotatable bonds is 3. The molecule has 2 aromatic rings. The zero-order chi connectivity index (χ0) is 14.9. The SMILES string of the molecule is CN(Cc1ccc(C(F)(F)F)cc1)c1c(I)cnn1C. The fourth-order valence-corrected chi connectivity index (χ4v) is 2.87. The van der Waals surface area contributed by atoms with E-state index in [4.69, 9.17) is 0 Å². The van der Waals surface area contributed by atoms with E-state index in [0.717, 1.165) is 27.1 Å². The lowest BCUT2D eigenvalue weighted by Gasteiger charge is -2.20. The van der Waals surface area contributed by atoms with Crippen molar-refractivity contribution in [2.45, 2.75) is 12.7 Å². The van der Waals surface area contributed by atoms with E-state index in [-0.39, 0.29) is 0 Å². The monoisotopic (exact) mass is 395 g/mol. The summed E-state index contributed by atoms with van der Waals surface area (Å²) in [4.78, 5) is 1.96. The second-order valence-electron chi connectivity index (χ2n) is 4.49. The van der Waals surface area contributed by atoms with E-state index in [1.807, 2.05) is 19.0 Å². The zero-order valence-electron chi connectivity index (χ0n) is 10.9. The molecule has 0 bridgehead atoms. The van der Waals surface area contributed by atoms with E-state index < -0.39 is 11.7 Å². The standard InChI is InChI=1S/C13H13F3IN3/c1-19(12-11(17)7-18-20(12)2)8-9-3-5-10(6-4-9)13(14,15)16/h3-7H,8H2,1-2H3. The van der Waals surface area contributed by atoms with Gasteiger partial charge in [0.2, 0.25) is 0 Å². The quantitative estimate of drug-likeness (QED) is 0.740. The van der Waals surface area contributed by atoms with E-state index in [1.54, 1.807) is 10.9 Å². The lowest BCUT2D eigenvalue weighted by molar-refractivity contribution is -0.137. The van der Waals surface area contributed by atoms with Gasteiger partial charge in [-0.1, -0.05) is 12.1 Å². The summed E-state index contributed by atoms with van der Waals surface area (Å²) in [7, 11) is 3.72. The summed E-state index contributed by atoms with van der Waals surface area (Å²) < 4.78 is 40.2. The van der Waals surface area contributed by atoms with Crippen molar-refractivity contribution in [3.05, 3.63) is 45.2 Å². The van der Waals surface area contributed by atoms with Crippen molar-refractivity contribution in [3.8, 4) is 0 Å². The van der Waals surface area contributed by atoms with Crippen molar-refractivity contribution in [2.75, 3.05) is 11.9 Å². The topological polar surface area (TPSA) is 21.1 Å². The first-order chi connectivity index (χ1) is 9.29. The Morgan fingerprint density at radius 1 is 1.25 bits per heavy atom. The minimum Gasteiger partial charge on any atom is -0.355 e. The molecule has 0 radical (unpaired) electrons. The van der Waals surface area contributed by atoms with Gasteiger partial charge in [-0.25, -0.2) is 0 Å².